The largest absolute Gasteiger partial charge is 0.231 e. The summed E-state index contributed by atoms with van der Waals surface area (Å²) < 4.78 is 26.4. The Morgan fingerprint density at radius 2 is 1.60 bits per heavy atom. The van der Waals surface area contributed by atoms with Gasteiger partial charge in [-0.25, -0.2) is 0 Å². The lowest BCUT2D eigenvalue weighted by atomic mass is 9.69. The molecule has 0 spiro atoms. The third-order valence-electron chi connectivity index (χ3n) is 6.25. The summed E-state index contributed by atoms with van der Waals surface area (Å²) in [7, 11) is 0. The highest BCUT2D eigenvalue weighted by atomic mass is 19.1. The lowest BCUT2D eigenvalue weighted by Gasteiger charge is -2.37. The number of pyridine rings is 1. The zero-order chi connectivity index (χ0) is 17.6. The summed E-state index contributed by atoms with van der Waals surface area (Å²) in [6, 6.07) is 2.55. The first kappa shape index (κ1) is 18.4. The molecule has 1 aromatic rings. The standard InChI is InChI=1S/C22H29F2N/c1-2-3-16-4-9-18(10-5-16)19-11-6-17(7-12-19)8-13-20-14-15-21(23)25-22(20)24/h14-19H,2-7,9-12H2,1H3/t16-,17-,18-,19-. The maximum absolute atomic E-state index is 13.5. The third kappa shape index (κ3) is 5.03. The van der Waals surface area contributed by atoms with E-state index in [9.17, 15) is 8.78 Å². The highest BCUT2D eigenvalue weighted by Gasteiger charge is 2.30. The van der Waals surface area contributed by atoms with Gasteiger partial charge in [0.2, 0.25) is 11.9 Å². The van der Waals surface area contributed by atoms with Crippen LogP contribution in [0.1, 0.15) is 76.7 Å². The van der Waals surface area contributed by atoms with Crippen molar-refractivity contribution >= 4 is 0 Å². The third-order valence-corrected chi connectivity index (χ3v) is 6.25. The van der Waals surface area contributed by atoms with Crippen LogP contribution < -0.4 is 0 Å². The molecule has 1 aromatic heterocycles. The number of hydrogen-bond acceptors (Lipinski definition) is 1. The van der Waals surface area contributed by atoms with Gasteiger partial charge >= 0.3 is 0 Å². The van der Waals surface area contributed by atoms with Crippen molar-refractivity contribution in [2.24, 2.45) is 23.7 Å². The monoisotopic (exact) mass is 345 g/mol. The molecule has 25 heavy (non-hydrogen) atoms. The molecule has 0 N–H and O–H groups in total. The smallest absolute Gasteiger partial charge is 0.189 e. The van der Waals surface area contributed by atoms with Crippen molar-refractivity contribution in [3.05, 3.63) is 29.6 Å². The molecule has 0 amide bonds. The van der Waals surface area contributed by atoms with Crippen molar-refractivity contribution in [3.8, 4) is 11.8 Å². The lowest BCUT2D eigenvalue weighted by Crippen LogP contribution is -2.25. The summed E-state index contributed by atoms with van der Waals surface area (Å²) in [5.74, 6) is 7.57. The Morgan fingerprint density at radius 3 is 2.20 bits per heavy atom. The Hall–Kier alpha value is -1.43. The van der Waals surface area contributed by atoms with E-state index in [0.29, 0.717) is 5.92 Å². The van der Waals surface area contributed by atoms with E-state index in [4.69, 9.17) is 0 Å². The number of nitrogens with zero attached hydrogens (tertiary/aromatic N) is 1. The Morgan fingerprint density at radius 1 is 0.960 bits per heavy atom. The molecule has 1 heterocycles. The van der Waals surface area contributed by atoms with Crippen LogP contribution in [0.4, 0.5) is 8.78 Å². The number of rotatable bonds is 3. The van der Waals surface area contributed by atoms with Gasteiger partial charge in [0.25, 0.3) is 0 Å². The summed E-state index contributed by atoms with van der Waals surface area (Å²) in [6.07, 6.45) is 13.2. The number of halogens is 2. The maximum Gasteiger partial charge on any atom is 0.231 e. The van der Waals surface area contributed by atoms with Crippen molar-refractivity contribution in [1.29, 1.82) is 0 Å². The van der Waals surface area contributed by atoms with E-state index in [0.717, 1.165) is 30.6 Å². The quantitative estimate of drug-likeness (QED) is 0.475. The molecule has 1 nitrogen and oxygen atoms in total. The topological polar surface area (TPSA) is 12.9 Å². The zero-order valence-corrected chi connectivity index (χ0v) is 15.2. The van der Waals surface area contributed by atoms with Gasteiger partial charge in [-0.15, -0.1) is 0 Å². The normalized spacial score (nSPS) is 29.7. The molecule has 0 unspecified atom stereocenters. The fraction of sp³-hybridized carbons (Fsp3) is 0.682. The first-order valence-corrected chi connectivity index (χ1v) is 9.99. The van der Waals surface area contributed by atoms with Crippen molar-refractivity contribution in [2.75, 3.05) is 0 Å². The minimum atomic E-state index is -0.801. The minimum Gasteiger partial charge on any atom is -0.189 e. The van der Waals surface area contributed by atoms with Crippen LogP contribution in [-0.4, -0.2) is 4.98 Å². The SMILES string of the molecule is CCC[C@H]1CC[C@H]([C@H]2CC[C@H](C#Cc3ccc(F)nc3F)CC2)CC1. The Balaban J connectivity index is 1.47. The van der Waals surface area contributed by atoms with Crippen LogP contribution >= 0.6 is 0 Å². The lowest BCUT2D eigenvalue weighted by molar-refractivity contribution is 0.154. The summed E-state index contributed by atoms with van der Waals surface area (Å²) in [6.45, 7) is 2.29. The van der Waals surface area contributed by atoms with Gasteiger partial charge in [-0.1, -0.05) is 44.4 Å². The molecule has 2 aliphatic rings. The summed E-state index contributed by atoms with van der Waals surface area (Å²) in [5, 5.41) is 0. The van der Waals surface area contributed by atoms with Crippen LogP contribution in [-0.2, 0) is 0 Å². The molecule has 2 aliphatic carbocycles. The van der Waals surface area contributed by atoms with Crippen molar-refractivity contribution in [2.45, 2.75) is 71.1 Å². The van der Waals surface area contributed by atoms with Gasteiger partial charge in [0, 0.05) is 5.92 Å². The van der Waals surface area contributed by atoms with Gasteiger partial charge in [-0.3, -0.25) is 0 Å². The van der Waals surface area contributed by atoms with Gasteiger partial charge < -0.3 is 0 Å². The average Bonchev–Trinajstić information content (AvgIpc) is 2.62. The molecular formula is C22H29F2N. The van der Waals surface area contributed by atoms with Crippen LogP contribution in [0, 0.1) is 47.4 Å². The molecule has 0 aliphatic heterocycles. The molecule has 0 atom stereocenters. The van der Waals surface area contributed by atoms with Crippen molar-refractivity contribution < 1.29 is 8.78 Å². The van der Waals surface area contributed by atoms with Crippen LogP contribution in [0.5, 0.6) is 0 Å². The highest BCUT2D eigenvalue weighted by molar-refractivity contribution is 5.33. The van der Waals surface area contributed by atoms with Crippen LogP contribution in [0.3, 0.4) is 0 Å². The molecule has 0 bridgehead atoms. The van der Waals surface area contributed by atoms with Gasteiger partial charge in [-0.05, 0) is 68.4 Å². The van der Waals surface area contributed by atoms with E-state index in [1.165, 1.54) is 63.5 Å². The number of hydrogen-bond donors (Lipinski definition) is 0. The minimum absolute atomic E-state index is 0.206. The molecule has 3 rings (SSSR count). The second-order valence-corrected chi connectivity index (χ2v) is 7.92. The first-order chi connectivity index (χ1) is 12.2. The van der Waals surface area contributed by atoms with Crippen LogP contribution in [0.25, 0.3) is 0 Å². The fourth-order valence-electron chi connectivity index (χ4n) is 4.78. The van der Waals surface area contributed by atoms with Gasteiger partial charge in [0.05, 0.1) is 5.56 Å². The van der Waals surface area contributed by atoms with Crippen molar-refractivity contribution in [1.82, 2.24) is 4.98 Å². The molecule has 0 saturated heterocycles. The predicted octanol–water partition coefficient (Wildman–Crippen LogP) is 6.12. The Bertz CT molecular complexity index is 615. The van der Waals surface area contributed by atoms with E-state index < -0.39 is 11.9 Å². The van der Waals surface area contributed by atoms with Gasteiger partial charge in [-0.2, -0.15) is 13.8 Å². The molecule has 3 heteroatoms. The Kier molecular flexibility index (Phi) is 6.45. The maximum atomic E-state index is 13.5. The van der Waals surface area contributed by atoms with Crippen molar-refractivity contribution in [3.63, 3.8) is 0 Å². The average molecular weight is 345 g/mol. The fourth-order valence-corrected chi connectivity index (χ4v) is 4.78. The van der Waals surface area contributed by atoms with E-state index >= 15 is 0 Å². The van der Waals surface area contributed by atoms with E-state index in [2.05, 4.69) is 23.7 Å². The van der Waals surface area contributed by atoms with E-state index in [-0.39, 0.29) is 5.56 Å². The van der Waals surface area contributed by atoms with Gasteiger partial charge in [0.1, 0.15) is 0 Å². The van der Waals surface area contributed by atoms with Crippen LogP contribution in [0.2, 0.25) is 0 Å². The molecule has 2 saturated carbocycles. The summed E-state index contributed by atoms with van der Waals surface area (Å²) in [4.78, 5) is 3.19. The summed E-state index contributed by atoms with van der Waals surface area (Å²) in [5.41, 5.74) is 0.206. The molecular weight excluding hydrogens is 316 g/mol. The number of aromatic nitrogens is 1. The van der Waals surface area contributed by atoms with E-state index in [1.54, 1.807) is 0 Å². The molecule has 0 radical (unpaired) electrons. The zero-order valence-electron chi connectivity index (χ0n) is 15.2. The Labute approximate surface area is 150 Å². The molecule has 136 valence electrons. The van der Waals surface area contributed by atoms with Crippen LogP contribution in [0.15, 0.2) is 12.1 Å². The molecule has 2 fully saturated rings. The molecule has 0 aromatic carbocycles. The second-order valence-electron chi connectivity index (χ2n) is 7.92. The van der Waals surface area contributed by atoms with E-state index in [1.807, 2.05) is 0 Å². The predicted molar refractivity (Wildman–Crippen MR) is 96.8 cm³/mol. The van der Waals surface area contributed by atoms with Gasteiger partial charge in [0.15, 0.2) is 0 Å². The second kappa shape index (κ2) is 8.79. The summed E-state index contributed by atoms with van der Waals surface area (Å²) >= 11 is 0. The highest BCUT2D eigenvalue weighted by Crippen LogP contribution is 2.42. The first-order valence-electron chi connectivity index (χ1n) is 9.99.